The van der Waals surface area contributed by atoms with E-state index in [-0.39, 0.29) is 15.9 Å². The van der Waals surface area contributed by atoms with Crippen LogP contribution in [-0.4, -0.2) is 15.9 Å². The second-order valence-corrected chi connectivity index (χ2v) is 20.7. The summed E-state index contributed by atoms with van der Waals surface area (Å²) in [6, 6.07) is 22.1. The fraction of sp³-hybridized carbons (Fsp3) is 0.500. The molecule has 0 saturated heterocycles. The first-order chi connectivity index (χ1) is 12.8. The number of benzene rings is 2. The molecular formula is C24H37NP2S. The zero-order chi connectivity index (χ0) is 21.2. The van der Waals surface area contributed by atoms with Crippen LogP contribution in [0, 0.1) is 0 Å². The van der Waals surface area contributed by atoms with Crippen molar-refractivity contribution in [2.75, 3.05) is 0 Å². The van der Waals surface area contributed by atoms with Crippen LogP contribution in [-0.2, 0) is 0 Å². The molecule has 0 heterocycles. The first kappa shape index (κ1) is 23.7. The monoisotopic (exact) mass is 433 g/mol. The highest BCUT2D eigenvalue weighted by molar-refractivity contribution is 8.89. The van der Waals surface area contributed by atoms with Gasteiger partial charge in [0.1, 0.15) is 0 Å². The van der Waals surface area contributed by atoms with Gasteiger partial charge in [0.15, 0.2) is 0 Å². The highest BCUT2D eigenvalue weighted by Gasteiger charge is 2.47. The third-order valence-electron chi connectivity index (χ3n) is 4.44. The number of nitrogens with zero attached hydrogens (tertiary/aromatic N) is 1. The van der Waals surface area contributed by atoms with E-state index in [1.807, 2.05) is 0 Å². The molecule has 28 heavy (non-hydrogen) atoms. The van der Waals surface area contributed by atoms with Crippen LogP contribution in [0.4, 0.5) is 0 Å². The van der Waals surface area contributed by atoms with Crippen molar-refractivity contribution in [3.63, 3.8) is 0 Å². The lowest BCUT2D eigenvalue weighted by Gasteiger charge is -2.48. The first-order valence-corrected chi connectivity index (χ1v) is 15.1. The zero-order valence-corrected chi connectivity index (χ0v) is 21.6. The number of rotatable bonds is 4. The molecule has 0 aliphatic heterocycles. The van der Waals surface area contributed by atoms with Gasteiger partial charge in [-0.3, -0.25) is 4.74 Å². The van der Waals surface area contributed by atoms with E-state index in [9.17, 15) is 0 Å². The number of hydrogen-bond acceptors (Lipinski definition) is 2. The van der Waals surface area contributed by atoms with Crippen LogP contribution >= 0.6 is 24.4 Å². The maximum absolute atomic E-state index is 5.66. The van der Waals surface area contributed by atoms with Crippen molar-refractivity contribution < 1.29 is 0 Å². The average molecular weight is 434 g/mol. The standard InChI is InChI=1S/C24H37NP2S/c1-22(2,3)25-27(23(4,5)6,24(7,8)9)28-26(20-16-12-10-13-17-20)21-18-14-11-15-19-21/h10-19H,1-9H3. The molecule has 0 aliphatic rings. The van der Waals surface area contributed by atoms with Crippen molar-refractivity contribution in [1.82, 2.24) is 0 Å². The largest absolute Gasteiger partial charge is 0.286 e. The summed E-state index contributed by atoms with van der Waals surface area (Å²) in [6.45, 7) is 21.2. The van der Waals surface area contributed by atoms with Gasteiger partial charge in [-0.15, -0.1) is 0 Å². The number of hydrogen-bond donors (Lipinski definition) is 0. The summed E-state index contributed by atoms with van der Waals surface area (Å²) < 4.78 is 5.66. The maximum atomic E-state index is 5.66. The first-order valence-electron chi connectivity index (χ1n) is 10.0. The van der Waals surface area contributed by atoms with Gasteiger partial charge in [0.05, 0.1) is 5.54 Å². The van der Waals surface area contributed by atoms with Crippen LogP contribution in [0.3, 0.4) is 0 Å². The van der Waals surface area contributed by atoms with Crippen molar-refractivity contribution in [2.24, 2.45) is 4.74 Å². The molecule has 0 unspecified atom stereocenters. The molecule has 0 aliphatic carbocycles. The molecule has 0 N–H and O–H groups in total. The topological polar surface area (TPSA) is 12.4 Å². The minimum absolute atomic E-state index is 0.0598. The quantitative estimate of drug-likeness (QED) is 0.442. The van der Waals surface area contributed by atoms with Gasteiger partial charge < -0.3 is 0 Å². The van der Waals surface area contributed by atoms with E-state index >= 15 is 0 Å². The zero-order valence-electron chi connectivity index (χ0n) is 19.0. The van der Waals surface area contributed by atoms with E-state index in [1.54, 1.807) is 0 Å². The van der Waals surface area contributed by atoms with Gasteiger partial charge in [0, 0.05) is 23.7 Å². The lowest BCUT2D eigenvalue weighted by Crippen LogP contribution is -2.29. The van der Waals surface area contributed by atoms with E-state index in [4.69, 9.17) is 4.74 Å². The van der Waals surface area contributed by atoms with Crippen LogP contribution in [0.1, 0.15) is 62.3 Å². The Morgan fingerprint density at radius 2 is 1.00 bits per heavy atom. The van der Waals surface area contributed by atoms with Gasteiger partial charge in [-0.05, 0) is 31.4 Å². The fourth-order valence-corrected chi connectivity index (χ4v) is 22.0. The summed E-state index contributed by atoms with van der Waals surface area (Å²) in [5, 5.41) is 3.09. The van der Waals surface area contributed by atoms with E-state index in [1.165, 1.54) is 10.6 Å². The predicted octanol–water partition coefficient (Wildman–Crippen LogP) is 8.28. The van der Waals surface area contributed by atoms with E-state index in [0.29, 0.717) is 0 Å². The Hall–Kier alpha value is -0.550. The average Bonchev–Trinajstić information content (AvgIpc) is 2.57. The van der Waals surface area contributed by atoms with Gasteiger partial charge in [-0.1, -0.05) is 113 Å². The minimum Gasteiger partial charge on any atom is -0.286 e. The maximum Gasteiger partial charge on any atom is 0.0519 e. The Balaban J connectivity index is 2.77. The van der Waals surface area contributed by atoms with Crippen molar-refractivity contribution in [1.29, 1.82) is 0 Å². The Morgan fingerprint density at radius 3 is 1.29 bits per heavy atom. The van der Waals surface area contributed by atoms with Gasteiger partial charge >= 0.3 is 0 Å². The van der Waals surface area contributed by atoms with Crippen LogP contribution in [0.5, 0.6) is 0 Å². The Labute approximate surface area is 178 Å². The lowest BCUT2D eigenvalue weighted by molar-refractivity contribution is 0.578. The van der Waals surface area contributed by atoms with Gasteiger partial charge in [-0.2, -0.15) is 0 Å². The molecule has 0 radical (unpaired) electrons. The second kappa shape index (κ2) is 8.67. The van der Waals surface area contributed by atoms with Crippen molar-refractivity contribution >= 4 is 35.0 Å². The summed E-state index contributed by atoms with van der Waals surface area (Å²) in [5.74, 6) is 0. The normalized spacial score (nSPS) is 13.6. The third kappa shape index (κ3) is 5.53. The molecular weight excluding hydrogens is 396 g/mol. The predicted molar refractivity (Wildman–Crippen MR) is 135 cm³/mol. The van der Waals surface area contributed by atoms with Crippen LogP contribution in [0.25, 0.3) is 0 Å². The van der Waals surface area contributed by atoms with Crippen LogP contribution in [0.15, 0.2) is 65.4 Å². The Bertz CT molecular complexity index is 752. The van der Waals surface area contributed by atoms with Crippen molar-refractivity contribution in [3.05, 3.63) is 60.7 Å². The summed E-state index contributed by atoms with van der Waals surface area (Å²) in [4.78, 5) is 0. The summed E-state index contributed by atoms with van der Waals surface area (Å²) >= 11 is 2.19. The van der Waals surface area contributed by atoms with Crippen LogP contribution < -0.4 is 10.6 Å². The smallest absolute Gasteiger partial charge is 0.0519 e. The summed E-state index contributed by atoms with van der Waals surface area (Å²) in [7, 11) is -0.548. The molecule has 1 nitrogen and oxygen atoms in total. The molecule has 2 rings (SSSR count). The Morgan fingerprint density at radius 1 is 0.643 bits per heavy atom. The molecule has 2 aromatic rings. The Kier molecular flexibility index (Phi) is 7.35. The summed E-state index contributed by atoms with van der Waals surface area (Å²) in [5.41, 5.74) is -0.0598. The van der Waals surface area contributed by atoms with E-state index in [0.717, 1.165) is 0 Å². The molecule has 2 aromatic carbocycles. The van der Waals surface area contributed by atoms with Gasteiger partial charge in [0.2, 0.25) is 0 Å². The molecule has 0 saturated carbocycles. The molecule has 0 amide bonds. The fourth-order valence-electron chi connectivity index (χ4n) is 3.48. The van der Waals surface area contributed by atoms with E-state index in [2.05, 4.69) is 134 Å². The minimum atomic E-state index is -1.80. The highest BCUT2D eigenvalue weighted by atomic mass is 33.1. The van der Waals surface area contributed by atoms with Gasteiger partial charge in [0.25, 0.3) is 0 Å². The second-order valence-electron chi connectivity index (χ2n) is 10.2. The molecule has 4 heteroatoms. The lowest BCUT2D eigenvalue weighted by atomic mass is 10.1. The molecule has 0 fully saturated rings. The van der Waals surface area contributed by atoms with Gasteiger partial charge in [-0.25, -0.2) is 0 Å². The third-order valence-corrected chi connectivity index (χ3v) is 20.5. The molecule has 0 aromatic heterocycles. The van der Waals surface area contributed by atoms with Crippen molar-refractivity contribution in [3.8, 4) is 0 Å². The summed E-state index contributed by atoms with van der Waals surface area (Å²) in [6.07, 6.45) is -1.80. The molecule has 154 valence electrons. The SMILES string of the molecule is CC(C)(C)N=P(SP(c1ccccc1)c1ccccc1)(C(C)(C)C)C(C)(C)C. The molecule has 0 bridgehead atoms. The molecule has 0 spiro atoms. The van der Waals surface area contributed by atoms with E-state index < -0.39 is 13.4 Å². The van der Waals surface area contributed by atoms with Crippen molar-refractivity contribution in [2.45, 2.75) is 78.2 Å². The van der Waals surface area contributed by atoms with Crippen LogP contribution in [0.2, 0.25) is 0 Å². The highest BCUT2D eigenvalue weighted by Crippen LogP contribution is 2.85. The molecule has 0 atom stereocenters.